The molecule has 0 spiro atoms. The summed E-state index contributed by atoms with van der Waals surface area (Å²) >= 11 is 0. The SMILES string of the molecule is CCOC(=O)c1cc(N)ccc1C1c2ccc(O)cc2Oc2cc(OCC(=O)OC(C)(C)C)ccc21. The first-order valence-electron chi connectivity index (χ1n) is 11.6. The van der Waals surface area contributed by atoms with Crippen LogP contribution in [0.4, 0.5) is 5.69 Å². The van der Waals surface area contributed by atoms with Gasteiger partial charge in [0.25, 0.3) is 0 Å². The number of hydrogen-bond acceptors (Lipinski definition) is 8. The molecule has 3 aromatic rings. The summed E-state index contributed by atoms with van der Waals surface area (Å²) in [6, 6.07) is 15.2. The van der Waals surface area contributed by atoms with Crippen LogP contribution in [0.15, 0.2) is 54.6 Å². The lowest BCUT2D eigenvalue weighted by molar-refractivity contribution is -0.157. The standard InChI is InChI=1S/C28H29NO7/c1-5-33-27(32)22-12-16(29)6-9-19(22)26-20-10-7-17(30)13-23(20)35-24-14-18(8-11-21(24)26)34-15-25(31)36-28(2,3)4/h6-14,26,30H,5,15,29H2,1-4H3. The summed E-state index contributed by atoms with van der Waals surface area (Å²) in [4.78, 5) is 24.9. The van der Waals surface area contributed by atoms with Crippen molar-refractivity contribution < 1.29 is 33.6 Å². The van der Waals surface area contributed by atoms with Gasteiger partial charge in [0, 0.05) is 34.9 Å². The lowest BCUT2D eigenvalue weighted by Gasteiger charge is -2.30. The molecule has 3 aromatic carbocycles. The highest BCUT2D eigenvalue weighted by Gasteiger charge is 2.32. The Labute approximate surface area is 209 Å². The van der Waals surface area contributed by atoms with Crippen LogP contribution in [-0.4, -0.2) is 35.9 Å². The van der Waals surface area contributed by atoms with Crippen LogP contribution in [0.2, 0.25) is 0 Å². The number of aromatic hydroxyl groups is 1. The van der Waals surface area contributed by atoms with Crippen molar-refractivity contribution >= 4 is 17.6 Å². The molecule has 0 saturated heterocycles. The van der Waals surface area contributed by atoms with E-state index in [1.54, 1.807) is 70.2 Å². The second-order valence-corrected chi connectivity index (χ2v) is 9.40. The maximum Gasteiger partial charge on any atom is 0.344 e. The Morgan fingerprint density at radius 2 is 1.64 bits per heavy atom. The third-order valence-electron chi connectivity index (χ3n) is 5.48. The van der Waals surface area contributed by atoms with E-state index < -0.39 is 23.5 Å². The molecule has 0 fully saturated rings. The highest BCUT2D eigenvalue weighted by Crippen LogP contribution is 2.50. The summed E-state index contributed by atoms with van der Waals surface area (Å²) in [6.45, 7) is 7.05. The van der Waals surface area contributed by atoms with Gasteiger partial charge in [0.05, 0.1) is 12.2 Å². The van der Waals surface area contributed by atoms with E-state index in [-0.39, 0.29) is 19.0 Å². The largest absolute Gasteiger partial charge is 0.508 e. The van der Waals surface area contributed by atoms with Gasteiger partial charge in [-0.25, -0.2) is 9.59 Å². The summed E-state index contributed by atoms with van der Waals surface area (Å²) in [6.07, 6.45) is 0. The molecule has 188 valence electrons. The Hall–Kier alpha value is -4.20. The smallest absolute Gasteiger partial charge is 0.344 e. The minimum absolute atomic E-state index is 0.0382. The maximum atomic E-state index is 12.8. The zero-order valence-corrected chi connectivity index (χ0v) is 20.7. The van der Waals surface area contributed by atoms with Gasteiger partial charge >= 0.3 is 11.9 Å². The summed E-state index contributed by atoms with van der Waals surface area (Å²) in [7, 11) is 0. The Bertz CT molecular complexity index is 1310. The molecule has 0 amide bonds. The first kappa shape index (κ1) is 24.9. The Kier molecular flexibility index (Phi) is 6.79. The fourth-order valence-corrected chi connectivity index (χ4v) is 4.13. The van der Waals surface area contributed by atoms with Crippen LogP contribution in [-0.2, 0) is 14.3 Å². The van der Waals surface area contributed by atoms with E-state index in [0.29, 0.717) is 34.1 Å². The number of nitrogens with two attached hydrogens (primary N) is 1. The zero-order valence-electron chi connectivity index (χ0n) is 20.7. The van der Waals surface area contributed by atoms with Gasteiger partial charge < -0.3 is 29.8 Å². The van der Waals surface area contributed by atoms with E-state index in [1.807, 2.05) is 6.07 Å². The summed E-state index contributed by atoms with van der Waals surface area (Å²) in [5.74, 6) is -0.0408. The normalized spacial score (nSPS) is 14.2. The molecule has 8 heteroatoms. The van der Waals surface area contributed by atoms with Gasteiger partial charge in [-0.05, 0) is 57.5 Å². The van der Waals surface area contributed by atoms with Crippen molar-refractivity contribution in [2.75, 3.05) is 18.9 Å². The van der Waals surface area contributed by atoms with Gasteiger partial charge in [-0.15, -0.1) is 0 Å². The molecular formula is C28H29NO7. The van der Waals surface area contributed by atoms with Crippen LogP contribution in [0.3, 0.4) is 0 Å². The Morgan fingerprint density at radius 1 is 0.972 bits per heavy atom. The molecule has 0 bridgehead atoms. The van der Waals surface area contributed by atoms with Gasteiger partial charge in [-0.2, -0.15) is 0 Å². The molecule has 0 saturated carbocycles. The monoisotopic (exact) mass is 491 g/mol. The maximum absolute atomic E-state index is 12.8. The topological polar surface area (TPSA) is 117 Å². The zero-order chi connectivity index (χ0) is 26.0. The van der Waals surface area contributed by atoms with Gasteiger partial charge in [0.1, 0.15) is 28.6 Å². The minimum atomic E-state index is -0.617. The van der Waals surface area contributed by atoms with Gasteiger partial charge in [0.15, 0.2) is 6.61 Å². The molecule has 0 aliphatic carbocycles. The number of carbonyl (C=O) groups excluding carboxylic acids is 2. The number of hydrogen-bond donors (Lipinski definition) is 2. The highest BCUT2D eigenvalue weighted by atomic mass is 16.6. The first-order valence-corrected chi connectivity index (χ1v) is 11.6. The number of phenolic OH excluding ortho intramolecular Hbond substituents is 1. The average Bonchev–Trinajstić information content (AvgIpc) is 2.80. The third-order valence-corrected chi connectivity index (χ3v) is 5.48. The van der Waals surface area contributed by atoms with E-state index in [4.69, 9.17) is 24.7 Å². The predicted octanol–water partition coefficient (Wildman–Crippen LogP) is 5.16. The molecule has 1 heterocycles. The van der Waals surface area contributed by atoms with Crippen molar-refractivity contribution in [1.29, 1.82) is 0 Å². The van der Waals surface area contributed by atoms with Crippen LogP contribution in [0.5, 0.6) is 23.0 Å². The van der Waals surface area contributed by atoms with E-state index in [1.165, 1.54) is 6.07 Å². The van der Waals surface area contributed by atoms with Crippen molar-refractivity contribution in [1.82, 2.24) is 0 Å². The summed E-state index contributed by atoms with van der Waals surface area (Å²) in [5, 5.41) is 10.1. The number of phenols is 1. The van der Waals surface area contributed by atoms with E-state index in [0.717, 1.165) is 11.1 Å². The third kappa shape index (κ3) is 5.38. The molecule has 0 radical (unpaired) electrons. The van der Waals surface area contributed by atoms with Gasteiger partial charge in [-0.1, -0.05) is 18.2 Å². The minimum Gasteiger partial charge on any atom is -0.508 e. The van der Waals surface area contributed by atoms with Crippen molar-refractivity contribution in [2.45, 2.75) is 39.2 Å². The number of nitrogen functional groups attached to an aromatic ring is 1. The summed E-state index contributed by atoms with van der Waals surface area (Å²) in [5.41, 5.74) is 8.38. The fraction of sp³-hybridized carbons (Fsp3) is 0.286. The van der Waals surface area contributed by atoms with E-state index in [2.05, 4.69) is 0 Å². The van der Waals surface area contributed by atoms with Crippen molar-refractivity contribution in [3.05, 3.63) is 76.9 Å². The van der Waals surface area contributed by atoms with Crippen LogP contribution in [0.1, 0.15) is 60.7 Å². The Balaban J connectivity index is 1.75. The molecule has 3 N–H and O–H groups in total. The number of rotatable bonds is 6. The lowest BCUT2D eigenvalue weighted by Crippen LogP contribution is -2.27. The molecule has 1 unspecified atom stereocenters. The Morgan fingerprint density at radius 3 is 2.33 bits per heavy atom. The van der Waals surface area contributed by atoms with Crippen LogP contribution in [0, 0.1) is 0 Å². The van der Waals surface area contributed by atoms with Crippen LogP contribution in [0.25, 0.3) is 0 Å². The van der Waals surface area contributed by atoms with E-state index >= 15 is 0 Å². The lowest BCUT2D eigenvalue weighted by atomic mass is 9.80. The van der Waals surface area contributed by atoms with E-state index in [9.17, 15) is 14.7 Å². The van der Waals surface area contributed by atoms with Crippen LogP contribution < -0.4 is 15.2 Å². The van der Waals surface area contributed by atoms with Crippen LogP contribution >= 0.6 is 0 Å². The average molecular weight is 492 g/mol. The number of carbonyl (C=O) groups is 2. The number of anilines is 1. The number of benzene rings is 3. The number of fused-ring (bicyclic) bond motifs is 2. The second-order valence-electron chi connectivity index (χ2n) is 9.40. The number of esters is 2. The molecular weight excluding hydrogens is 462 g/mol. The molecule has 8 nitrogen and oxygen atoms in total. The second kappa shape index (κ2) is 9.81. The molecule has 4 rings (SSSR count). The molecule has 36 heavy (non-hydrogen) atoms. The molecule has 1 aliphatic heterocycles. The molecule has 1 aliphatic rings. The number of ether oxygens (including phenoxy) is 4. The van der Waals surface area contributed by atoms with Gasteiger partial charge in [0.2, 0.25) is 0 Å². The highest BCUT2D eigenvalue weighted by molar-refractivity contribution is 5.93. The van der Waals surface area contributed by atoms with Gasteiger partial charge in [-0.3, -0.25) is 0 Å². The molecule has 0 aromatic heterocycles. The van der Waals surface area contributed by atoms with Crippen molar-refractivity contribution in [3.8, 4) is 23.0 Å². The quantitative estimate of drug-likeness (QED) is 0.281. The predicted molar refractivity (Wildman–Crippen MR) is 134 cm³/mol. The fourth-order valence-electron chi connectivity index (χ4n) is 4.13. The summed E-state index contributed by atoms with van der Waals surface area (Å²) < 4.78 is 22.3. The molecule has 1 atom stereocenters. The van der Waals surface area contributed by atoms with Crippen molar-refractivity contribution in [2.24, 2.45) is 0 Å². The first-order chi connectivity index (χ1) is 17.1. The van der Waals surface area contributed by atoms with Crippen molar-refractivity contribution in [3.63, 3.8) is 0 Å².